The fourth-order valence-electron chi connectivity index (χ4n) is 1.68. The Morgan fingerprint density at radius 2 is 2.18 bits per heavy atom. The largest absolute Gasteiger partial charge is 0.378 e. The van der Waals surface area contributed by atoms with Gasteiger partial charge in [-0.2, -0.15) is 0 Å². The Morgan fingerprint density at radius 3 is 2.82 bits per heavy atom. The lowest BCUT2D eigenvalue weighted by Gasteiger charge is -2.28. The van der Waals surface area contributed by atoms with E-state index in [2.05, 4.69) is 15.2 Å². The van der Waals surface area contributed by atoms with E-state index in [0.29, 0.717) is 24.1 Å². The van der Waals surface area contributed by atoms with E-state index in [-0.39, 0.29) is 5.91 Å². The molecule has 0 aromatic carbocycles. The summed E-state index contributed by atoms with van der Waals surface area (Å²) in [5.74, 6) is 1.09. The quantitative estimate of drug-likeness (QED) is 0.871. The van der Waals surface area contributed by atoms with Crippen molar-refractivity contribution in [1.82, 2.24) is 4.98 Å². The van der Waals surface area contributed by atoms with Gasteiger partial charge in [0.05, 0.1) is 13.2 Å². The minimum Gasteiger partial charge on any atom is -0.378 e. The number of halogens is 1. The van der Waals surface area contributed by atoms with Crippen molar-refractivity contribution in [3.63, 3.8) is 0 Å². The fourth-order valence-corrected chi connectivity index (χ4v) is 1.88. The van der Waals surface area contributed by atoms with Gasteiger partial charge in [-0.3, -0.25) is 4.79 Å². The number of aromatic nitrogens is 1. The SMILES string of the molecule is CC(=O)Nc1cc(Cl)cc(N2CCOCC2)n1. The number of carbonyl (C=O) groups is 1. The van der Waals surface area contributed by atoms with Crippen LogP contribution in [-0.4, -0.2) is 37.2 Å². The average Bonchev–Trinajstić information content (AvgIpc) is 2.28. The molecule has 0 aliphatic carbocycles. The molecule has 1 aliphatic rings. The topological polar surface area (TPSA) is 54.5 Å². The third-order valence-corrected chi connectivity index (χ3v) is 2.63. The minimum atomic E-state index is -0.160. The number of nitrogens with zero attached hydrogens (tertiary/aromatic N) is 2. The summed E-state index contributed by atoms with van der Waals surface area (Å²) in [6.45, 7) is 4.38. The van der Waals surface area contributed by atoms with Gasteiger partial charge < -0.3 is 15.0 Å². The summed E-state index contributed by atoms with van der Waals surface area (Å²) in [6, 6.07) is 3.42. The Labute approximate surface area is 105 Å². The summed E-state index contributed by atoms with van der Waals surface area (Å²) >= 11 is 6.00. The number of pyridine rings is 1. The average molecular weight is 256 g/mol. The van der Waals surface area contributed by atoms with Crippen LogP contribution in [0.2, 0.25) is 5.02 Å². The van der Waals surface area contributed by atoms with Gasteiger partial charge in [0.15, 0.2) is 0 Å². The van der Waals surface area contributed by atoms with Crippen LogP contribution >= 0.6 is 11.6 Å². The smallest absolute Gasteiger partial charge is 0.222 e. The van der Waals surface area contributed by atoms with Crippen LogP contribution in [0.4, 0.5) is 11.6 Å². The summed E-state index contributed by atoms with van der Waals surface area (Å²) in [5.41, 5.74) is 0. The van der Waals surface area contributed by atoms with Crippen LogP contribution < -0.4 is 10.2 Å². The molecule has 2 heterocycles. The van der Waals surface area contributed by atoms with E-state index in [1.807, 2.05) is 0 Å². The number of hydrogen-bond donors (Lipinski definition) is 1. The highest BCUT2D eigenvalue weighted by molar-refractivity contribution is 6.31. The van der Waals surface area contributed by atoms with Gasteiger partial charge in [0, 0.05) is 25.0 Å². The van der Waals surface area contributed by atoms with Crippen LogP contribution in [0.5, 0.6) is 0 Å². The molecule has 5 nitrogen and oxygen atoms in total. The van der Waals surface area contributed by atoms with Gasteiger partial charge in [-0.25, -0.2) is 4.98 Å². The number of hydrogen-bond acceptors (Lipinski definition) is 4. The van der Waals surface area contributed by atoms with E-state index >= 15 is 0 Å². The minimum absolute atomic E-state index is 0.160. The first-order valence-corrected chi connectivity index (χ1v) is 5.81. The van der Waals surface area contributed by atoms with E-state index in [0.717, 1.165) is 18.9 Å². The number of rotatable bonds is 2. The van der Waals surface area contributed by atoms with Gasteiger partial charge in [-0.15, -0.1) is 0 Å². The molecule has 17 heavy (non-hydrogen) atoms. The highest BCUT2D eigenvalue weighted by atomic mass is 35.5. The van der Waals surface area contributed by atoms with Crippen molar-refractivity contribution in [3.8, 4) is 0 Å². The first kappa shape index (κ1) is 12.1. The van der Waals surface area contributed by atoms with Gasteiger partial charge in [0.2, 0.25) is 5.91 Å². The van der Waals surface area contributed by atoms with Crippen LogP contribution in [0.25, 0.3) is 0 Å². The molecule has 92 valence electrons. The van der Waals surface area contributed by atoms with Crippen LogP contribution in [0.3, 0.4) is 0 Å². The molecule has 1 aromatic rings. The molecule has 1 saturated heterocycles. The van der Waals surface area contributed by atoms with Crippen molar-refractivity contribution in [3.05, 3.63) is 17.2 Å². The van der Waals surface area contributed by atoms with Crippen molar-refractivity contribution in [2.45, 2.75) is 6.92 Å². The summed E-state index contributed by atoms with van der Waals surface area (Å²) in [4.78, 5) is 17.4. The van der Waals surface area contributed by atoms with Crippen LogP contribution in [-0.2, 0) is 9.53 Å². The number of nitrogens with one attached hydrogen (secondary N) is 1. The molecule has 1 aliphatic heterocycles. The molecule has 0 bridgehead atoms. The molecule has 0 radical (unpaired) electrons. The first-order valence-electron chi connectivity index (χ1n) is 5.43. The Balaban J connectivity index is 2.20. The van der Waals surface area contributed by atoms with Crippen molar-refractivity contribution in [2.24, 2.45) is 0 Å². The molecule has 0 unspecified atom stereocenters. The zero-order valence-electron chi connectivity index (χ0n) is 9.57. The second kappa shape index (κ2) is 5.33. The molecule has 2 rings (SSSR count). The van der Waals surface area contributed by atoms with Gasteiger partial charge in [-0.05, 0) is 12.1 Å². The number of ether oxygens (including phenoxy) is 1. The monoisotopic (exact) mass is 255 g/mol. The van der Waals surface area contributed by atoms with E-state index in [9.17, 15) is 4.79 Å². The Hall–Kier alpha value is -1.33. The number of morpholine rings is 1. The van der Waals surface area contributed by atoms with Crippen molar-refractivity contribution < 1.29 is 9.53 Å². The van der Waals surface area contributed by atoms with E-state index < -0.39 is 0 Å². The maximum atomic E-state index is 11.0. The Kier molecular flexibility index (Phi) is 3.81. The number of anilines is 2. The Morgan fingerprint density at radius 1 is 1.47 bits per heavy atom. The van der Waals surface area contributed by atoms with Crippen molar-refractivity contribution in [2.75, 3.05) is 36.5 Å². The zero-order valence-corrected chi connectivity index (χ0v) is 10.3. The third-order valence-electron chi connectivity index (χ3n) is 2.42. The third kappa shape index (κ3) is 3.31. The van der Waals surface area contributed by atoms with E-state index in [1.54, 1.807) is 12.1 Å². The summed E-state index contributed by atoms with van der Waals surface area (Å²) in [6.07, 6.45) is 0. The van der Waals surface area contributed by atoms with Crippen LogP contribution in [0.15, 0.2) is 12.1 Å². The number of amides is 1. The van der Waals surface area contributed by atoms with Crippen LogP contribution in [0.1, 0.15) is 6.92 Å². The zero-order chi connectivity index (χ0) is 12.3. The van der Waals surface area contributed by atoms with Gasteiger partial charge in [0.25, 0.3) is 0 Å². The normalized spacial score (nSPS) is 15.8. The lowest BCUT2D eigenvalue weighted by molar-refractivity contribution is -0.114. The van der Waals surface area contributed by atoms with Gasteiger partial charge >= 0.3 is 0 Å². The summed E-state index contributed by atoms with van der Waals surface area (Å²) in [7, 11) is 0. The molecule has 0 spiro atoms. The molecule has 1 N–H and O–H groups in total. The van der Waals surface area contributed by atoms with E-state index in [4.69, 9.17) is 16.3 Å². The highest BCUT2D eigenvalue weighted by Crippen LogP contribution is 2.22. The molecular formula is C11H14ClN3O2. The second-order valence-corrected chi connectivity index (χ2v) is 4.25. The summed E-state index contributed by atoms with van der Waals surface area (Å²) < 4.78 is 5.27. The van der Waals surface area contributed by atoms with Gasteiger partial charge in [-0.1, -0.05) is 11.6 Å². The molecule has 1 fully saturated rings. The maximum absolute atomic E-state index is 11.0. The number of carbonyl (C=O) groups excluding carboxylic acids is 1. The maximum Gasteiger partial charge on any atom is 0.222 e. The van der Waals surface area contributed by atoms with Crippen molar-refractivity contribution >= 4 is 29.1 Å². The summed E-state index contributed by atoms with van der Waals surface area (Å²) in [5, 5.41) is 3.19. The molecule has 1 amide bonds. The second-order valence-electron chi connectivity index (χ2n) is 3.81. The van der Waals surface area contributed by atoms with Gasteiger partial charge in [0.1, 0.15) is 11.6 Å². The Bertz CT molecular complexity index is 419. The predicted molar refractivity (Wildman–Crippen MR) is 66.6 cm³/mol. The van der Waals surface area contributed by atoms with E-state index in [1.165, 1.54) is 6.92 Å². The first-order chi connectivity index (χ1) is 8.15. The lowest BCUT2D eigenvalue weighted by atomic mass is 10.3. The lowest BCUT2D eigenvalue weighted by Crippen LogP contribution is -2.36. The van der Waals surface area contributed by atoms with Crippen molar-refractivity contribution in [1.29, 1.82) is 0 Å². The highest BCUT2D eigenvalue weighted by Gasteiger charge is 2.14. The molecule has 0 saturated carbocycles. The predicted octanol–water partition coefficient (Wildman–Crippen LogP) is 1.53. The molecular weight excluding hydrogens is 242 g/mol. The standard InChI is InChI=1S/C11H14ClN3O2/c1-8(16)13-10-6-9(12)7-11(14-10)15-2-4-17-5-3-15/h6-7H,2-5H2,1H3,(H,13,14,16). The molecule has 1 aromatic heterocycles. The molecule has 0 atom stereocenters. The van der Waals surface area contributed by atoms with Crippen LogP contribution in [0, 0.1) is 0 Å². The molecule has 6 heteroatoms. The fraction of sp³-hybridized carbons (Fsp3) is 0.455.